The molecule has 1 amide bonds. The van der Waals surface area contributed by atoms with Gasteiger partial charge >= 0.3 is 0 Å². The van der Waals surface area contributed by atoms with Crippen molar-refractivity contribution in [1.29, 1.82) is 0 Å². The molecular weight excluding hydrogens is 459 g/mol. The molecule has 2 N–H and O–H groups in total. The summed E-state index contributed by atoms with van der Waals surface area (Å²) >= 11 is 0. The van der Waals surface area contributed by atoms with Crippen molar-refractivity contribution in [2.24, 2.45) is 0 Å². The van der Waals surface area contributed by atoms with Crippen molar-refractivity contribution in [1.82, 2.24) is 15.1 Å². The molecule has 3 aromatic carbocycles. The number of ether oxygens (including phenoxy) is 1. The fourth-order valence-corrected chi connectivity index (χ4v) is 3.57. The summed E-state index contributed by atoms with van der Waals surface area (Å²) in [7, 11) is 0. The van der Waals surface area contributed by atoms with Gasteiger partial charge in [-0.2, -0.15) is 9.78 Å². The van der Waals surface area contributed by atoms with E-state index in [0.29, 0.717) is 35.2 Å². The maximum absolute atomic E-state index is 13.5. The van der Waals surface area contributed by atoms with Crippen LogP contribution < -0.4 is 20.9 Å². The number of carbonyl (C=O) groups is 1. The van der Waals surface area contributed by atoms with E-state index in [1.165, 1.54) is 35.1 Å². The Morgan fingerprint density at radius 2 is 1.78 bits per heavy atom. The molecule has 0 bridgehead atoms. The largest absolute Gasteiger partial charge is 0.453 e. The highest BCUT2D eigenvalue weighted by atomic mass is 19.1. The fraction of sp³-hybridized carbons (Fsp3) is 0.179. The first kappa shape index (κ1) is 24.7. The van der Waals surface area contributed by atoms with Crippen molar-refractivity contribution in [2.75, 3.05) is 11.9 Å². The number of nitrogens with zero attached hydrogens (tertiary/aromatic N) is 2. The zero-order valence-electron chi connectivity index (χ0n) is 20.3. The lowest BCUT2D eigenvalue weighted by molar-refractivity contribution is 0.0956. The lowest BCUT2D eigenvalue weighted by Crippen LogP contribution is -2.24. The molecule has 0 aliphatic carbocycles. The molecule has 7 nitrogen and oxygen atoms in total. The van der Waals surface area contributed by atoms with Crippen LogP contribution in [-0.4, -0.2) is 22.2 Å². The van der Waals surface area contributed by atoms with Gasteiger partial charge in [-0.1, -0.05) is 26.0 Å². The quantitative estimate of drug-likeness (QED) is 0.330. The molecule has 0 saturated carbocycles. The second-order valence-corrected chi connectivity index (χ2v) is 8.47. The van der Waals surface area contributed by atoms with Crippen LogP contribution in [0.1, 0.15) is 42.6 Å². The minimum atomic E-state index is -0.480. The van der Waals surface area contributed by atoms with E-state index in [1.54, 1.807) is 24.3 Å². The third kappa shape index (κ3) is 5.60. The first-order valence-electron chi connectivity index (χ1n) is 11.7. The van der Waals surface area contributed by atoms with Gasteiger partial charge in [-0.05, 0) is 79.1 Å². The lowest BCUT2D eigenvalue weighted by Gasteiger charge is -2.15. The minimum Gasteiger partial charge on any atom is -0.453 e. The van der Waals surface area contributed by atoms with Gasteiger partial charge in [-0.3, -0.25) is 9.59 Å². The Morgan fingerprint density at radius 1 is 1.06 bits per heavy atom. The number of carbonyl (C=O) groups excluding carboxylic acids is 1. The van der Waals surface area contributed by atoms with Crippen LogP contribution in [0.15, 0.2) is 83.8 Å². The number of hydrogen-bond donors (Lipinski definition) is 2. The summed E-state index contributed by atoms with van der Waals surface area (Å²) in [6.45, 7) is 6.54. The minimum absolute atomic E-state index is 0.148. The first-order chi connectivity index (χ1) is 17.4. The van der Waals surface area contributed by atoms with Crippen LogP contribution in [0.25, 0.3) is 5.69 Å². The molecular formula is C28H27FN4O3. The molecule has 0 radical (unpaired) electrons. The normalized spacial score (nSPS) is 10.8. The van der Waals surface area contributed by atoms with Gasteiger partial charge in [-0.25, -0.2) is 4.39 Å². The summed E-state index contributed by atoms with van der Waals surface area (Å²) in [6.07, 6.45) is 1.44. The predicted molar refractivity (Wildman–Crippen MR) is 138 cm³/mol. The second kappa shape index (κ2) is 10.9. The average molecular weight is 487 g/mol. The van der Waals surface area contributed by atoms with Crippen LogP contribution in [0.2, 0.25) is 0 Å². The van der Waals surface area contributed by atoms with Crippen molar-refractivity contribution in [3.63, 3.8) is 0 Å². The maximum Gasteiger partial charge on any atom is 0.299 e. The van der Waals surface area contributed by atoms with E-state index in [1.807, 2.05) is 31.2 Å². The SMILES string of the molecule is CCNC(=O)c1ccc(Nc2c(Oc3cccc(C(C)C)c3)cnn(-c3ccc(F)cc3)c2=O)cc1. The zero-order valence-corrected chi connectivity index (χ0v) is 20.3. The molecule has 4 aromatic rings. The van der Waals surface area contributed by atoms with Gasteiger partial charge in [0.25, 0.3) is 11.5 Å². The Hall–Kier alpha value is -4.46. The number of amides is 1. The molecule has 0 spiro atoms. The highest BCUT2D eigenvalue weighted by molar-refractivity contribution is 5.94. The molecule has 8 heteroatoms. The summed E-state index contributed by atoms with van der Waals surface area (Å²) in [5, 5.41) is 10.1. The Morgan fingerprint density at radius 3 is 2.44 bits per heavy atom. The smallest absolute Gasteiger partial charge is 0.299 e. The molecule has 0 fully saturated rings. The molecule has 36 heavy (non-hydrogen) atoms. The number of nitrogens with one attached hydrogen (secondary N) is 2. The van der Waals surface area contributed by atoms with Crippen LogP contribution in [0.4, 0.5) is 15.8 Å². The van der Waals surface area contributed by atoms with E-state index in [4.69, 9.17) is 4.74 Å². The fourth-order valence-electron chi connectivity index (χ4n) is 3.57. The summed E-state index contributed by atoms with van der Waals surface area (Å²) < 4.78 is 20.7. The van der Waals surface area contributed by atoms with Gasteiger partial charge in [0, 0.05) is 17.8 Å². The van der Waals surface area contributed by atoms with Crippen molar-refractivity contribution in [3.05, 3.63) is 106 Å². The molecule has 0 saturated heterocycles. The number of anilines is 2. The van der Waals surface area contributed by atoms with Crippen LogP contribution >= 0.6 is 0 Å². The molecule has 1 heterocycles. The molecule has 1 aromatic heterocycles. The third-order valence-corrected chi connectivity index (χ3v) is 5.52. The van der Waals surface area contributed by atoms with Crippen molar-refractivity contribution in [3.8, 4) is 17.2 Å². The Balaban J connectivity index is 1.74. The molecule has 184 valence electrons. The molecule has 4 rings (SSSR count). The molecule has 0 aliphatic rings. The number of halogens is 1. The summed E-state index contributed by atoms with van der Waals surface area (Å²) in [4.78, 5) is 25.6. The Kier molecular flexibility index (Phi) is 7.44. The van der Waals surface area contributed by atoms with Crippen LogP contribution in [0.5, 0.6) is 11.5 Å². The number of hydrogen-bond acceptors (Lipinski definition) is 5. The van der Waals surface area contributed by atoms with Gasteiger partial charge in [0.1, 0.15) is 11.6 Å². The molecule has 0 aliphatic heterocycles. The van der Waals surface area contributed by atoms with Crippen LogP contribution in [0.3, 0.4) is 0 Å². The Labute approximate surface area is 208 Å². The van der Waals surface area contributed by atoms with Crippen LogP contribution in [-0.2, 0) is 0 Å². The predicted octanol–water partition coefficient (Wildman–Crippen LogP) is 5.78. The maximum atomic E-state index is 13.5. The summed E-state index contributed by atoms with van der Waals surface area (Å²) in [5.74, 6) is 0.505. The van der Waals surface area contributed by atoms with E-state index < -0.39 is 11.4 Å². The monoisotopic (exact) mass is 486 g/mol. The second-order valence-electron chi connectivity index (χ2n) is 8.47. The van der Waals surface area contributed by atoms with Crippen molar-refractivity contribution >= 4 is 17.3 Å². The van der Waals surface area contributed by atoms with Gasteiger partial charge in [0.05, 0.1) is 11.9 Å². The van der Waals surface area contributed by atoms with E-state index >= 15 is 0 Å². The number of aromatic nitrogens is 2. The molecule has 0 unspecified atom stereocenters. The van der Waals surface area contributed by atoms with Crippen molar-refractivity contribution < 1.29 is 13.9 Å². The number of rotatable bonds is 8. The summed E-state index contributed by atoms with van der Waals surface area (Å²) in [5.41, 5.74) is 2.25. The summed E-state index contributed by atoms with van der Waals surface area (Å²) in [6, 6.07) is 19.8. The highest BCUT2D eigenvalue weighted by Crippen LogP contribution is 2.30. The third-order valence-electron chi connectivity index (χ3n) is 5.52. The standard InChI is InChI=1S/C28H27FN4O3/c1-4-30-27(34)19-8-12-22(13-9-19)32-26-25(36-24-7-5-6-20(16-24)18(2)3)17-31-33(28(26)35)23-14-10-21(29)11-15-23/h5-18,32H,4H2,1-3H3,(H,30,34). The van der Waals surface area contributed by atoms with Gasteiger partial charge < -0.3 is 15.4 Å². The first-order valence-corrected chi connectivity index (χ1v) is 11.7. The lowest BCUT2D eigenvalue weighted by atomic mass is 10.0. The van der Waals surface area contributed by atoms with E-state index in [-0.39, 0.29) is 17.3 Å². The van der Waals surface area contributed by atoms with Crippen LogP contribution in [0, 0.1) is 5.82 Å². The van der Waals surface area contributed by atoms with E-state index in [0.717, 1.165) is 5.56 Å². The van der Waals surface area contributed by atoms with Gasteiger partial charge in [0.15, 0.2) is 11.4 Å². The number of benzene rings is 3. The molecule has 0 atom stereocenters. The Bertz CT molecular complexity index is 1410. The highest BCUT2D eigenvalue weighted by Gasteiger charge is 2.16. The van der Waals surface area contributed by atoms with Gasteiger partial charge in [-0.15, -0.1) is 0 Å². The zero-order chi connectivity index (χ0) is 25.7. The van der Waals surface area contributed by atoms with E-state index in [2.05, 4.69) is 29.6 Å². The topological polar surface area (TPSA) is 85.2 Å². The average Bonchev–Trinajstić information content (AvgIpc) is 2.87. The van der Waals surface area contributed by atoms with Gasteiger partial charge in [0.2, 0.25) is 0 Å². The van der Waals surface area contributed by atoms with E-state index in [9.17, 15) is 14.0 Å². The van der Waals surface area contributed by atoms with Crippen molar-refractivity contribution in [2.45, 2.75) is 26.7 Å².